The van der Waals surface area contributed by atoms with Crippen LogP contribution < -0.4 is 15.8 Å². The van der Waals surface area contributed by atoms with Crippen LogP contribution >= 0.6 is 0 Å². The maximum Gasteiger partial charge on any atom is 0.270 e. The zero-order valence-electron chi connectivity index (χ0n) is 10.9. The Hall–Kier alpha value is -2.63. The van der Waals surface area contributed by atoms with Gasteiger partial charge < -0.3 is 15.8 Å². The Bertz CT molecular complexity index is 632. The Morgan fingerprint density at radius 2 is 2.20 bits per heavy atom. The lowest BCUT2D eigenvalue weighted by Crippen LogP contribution is -2.23. The minimum atomic E-state index is -0.568. The molecule has 104 valence electrons. The minimum absolute atomic E-state index is 0.0345. The van der Waals surface area contributed by atoms with Gasteiger partial charge in [0, 0.05) is 30.6 Å². The highest BCUT2D eigenvalue weighted by Crippen LogP contribution is 2.25. The molecule has 6 heteroatoms. The van der Waals surface area contributed by atoms with E-state index in [1.165, 1.54) is 30.5 Å². The van der Waals surface area contributed by atoms with E-state index in [-0.39, 0.29) is 17.4 Å². The summed E-state index contributed by atoms with van der Waals surface area (Å²) in [5.74, 6) is -0.519. The summed E-state index contributed by atoms with van der Waals surface area (Å²) in [6.07, 6.45) is 1.43. The average molecular weight is 275 g/mol. The van der Waals surface area contributed by atoms with E-state index in [0.717, 1.165) is 0 Å². The van der Waals surface area contributed by atoms with Crippen LogP contribution in [0.2, 0.25) is 0 Å². The number of nitrogens with zero attached hydrogens (tertiary/aromatic N) is 1. The van der Waals surface area contributed by atoms with Crippen LogP contribution in [-0.2, 0) is 0 Å². The van der Waals surface area contributed by atoms with Gasteiger partial charge in [-0.05, 0) is 25.1 Å². The van der Waals surface area contributed by atoms with E-state index in [1.54, 1.807) is 6.07 Å². The number of hydrogen-bond acceptors (Lipinski definition) is 4. The Morgan fingerprint density at radius 1 is 1.40 bits per heavy atom. The van der Waals surface area contributed by atoms with Crippen LogP contribution in [-0.4, -0.2) is 17.4 Å². The number of pyridine rings is 1. The van der Waals surface area contributed by atoms with Crippen molar-refractivity contribution in [1.29, 1.82) is 0 Å². The summed E-state index contributed by atoms with van der Waals surface area (Å²) >= 11 is 0. The highest BCUT2D eigenvalue weighted by Gasteiger charge is 2.09. The molecular weight excluding hydrogens is 261 g/mol. The smallest absolute Gasteiger partial charge is 0.270 e. The number of hydrogen-bond donors (Lipinski definition) is 2. The second-order valence-corrected chi connectivity index (χ2v) is 4.03. The molecule has 1 amide bonds. The number of benzene rings is 1. The van der Waals surface area contributed by atoms with Gasteiger partial charge in [-0.3, -0.25) is 9.78 Å². The van der Waals surface area contributed by atoms with Gasteiger partial charge in [-0.2, -0.15) is 0 Å². The summed E-state index contributed by atoms with van der Waals surface area (Å²) in [5, 5.41) is 2.62. The molecule has 20 heavy (non-hydrogen) atoms. The van der Waals surface area contributed by atoms with Crippen molar-refractivity contribution in [3.05, 3.63) is 48.0 Å². The van der Waals surface area contributed by atoms with Crippen molar-refractivity contribution >= 4 is 11.6 Å². The van der Waals surface area contributed by atoms with Crippen molar-refractivity contribution in [2.45, 2.75) is 6.92 Å². The van der Waals surface area contributed by atoms with E-state index in [4.69, 9.17) is 10.5 Å². The molecule has 0 radical (unpaired) electrons. The third-order valence-electron chi connectivity index (χ3n) is 2.49. The van der Waals surface area contributed by atoms with E-state index in [1.807, 2.05) is 6.92 Å². The number of rotatable bonds is 4. The molecule has 5 nitrogen and oxygen atoms in total. The zero-order chi connectivity index (χ0) is 14.5. The van der Waals surface area contributed by atoms with Crippen LogP contribution in [0, 0.1) is 5.82 Å². The van der Waals surface area contributed by atoms with Crippen LogP contribution in [0.15, 0.2) is 36.5 Å². The lowest BCUT2D eigenvalue weighted by Gasteiger charge is -2.08. The summed E-state index contributed by atoms with van der Waals surface area (Å²) in [4.78, 5) is 15.6. The molecule has 0 aliphatic carbocycles. The number of nitrogen functional groups attached to an aromatic ring is 1. The molecule has 2 aromatic rings. The monoisotopic (exact) mass is 275 g/mol. The highest BCUT2D eigenvalue weighted by atomic mass is 19.1. The summed E-state index contributed by atoms with van der Waals surface area (Å²) in [6, 6.07) is 7.11. The van der Waals surface area contributed by atoms with Gasteiger partial charge in [-0.1, -0.05) is 0 Å². The molecule has 0 saturated heterocycles. The lowest BCUT2D eigenvalue weighted by molar-refractivity contribution is 0.0950. The highest BCUT2D eigenvalue weighted by molar-refractivity contribution is 5.92. The Balaban J connectivity index is 2.21. The van der Waals surface area contributed by atoms with Crippen LogP contribution in [0.3, 0.4) is 0 Å². The number of nitrogens with one attached hydrogen (secondary N) is 1. The maximum absolute atomic E-state index is 13.6. The van der Waals surface area contributed by atoms with Crippen molar-refractivity contribution in [3.63, 3.8) is 0 Å². The maximum atomic E-state index is 13.6. The number of amides is 1. The average Bonchev–Trinajstić information content (AvgIpc) is 2.43. The number of carbonyl (C=O) groups excluding carboxylic acids is 1. The summed E-state index contributed by atoms with van der Waals surface area (Å²) in [6.45, 7) is 2.31. The largest absolute Gasteiger partial charge is 0.454 e. The van der Waals surface area contributed by atoms with Gasteiger partial charge in [0.1, 0.15) is 11.4 Å². The first-order chi connectivity index (χ1) is 9.60. The quantitative estimate of drug-likeness (QED) is 0.840. The number of carbonyl (C=O) groups is 1. The van der Waals surface area contributed by atoms with Gasteiger partial charge in [-0.15, -0.1) is 0 Å². The van der Waals surface area contributed by atoms with E-state index >= 15 is 0 Å². The van der Waals surface area contributed by atoms with E-state index < -0.39 is 5.82 Å². The molecule has 0 saturated carbocycles. The van der Waals surface area contributed by atoms with Crippen LogP contribution in [0.5, 0.6) is 11.5 Å². The first kappa shape index (κ1) is 13.8. The molecular formula is C14H14FN3O2. The molecule has 0 aliphatic rings. The second-order valence-electron chi connectivity index (χ2n) is 4.03. The Labute approximate surface area is 115 Å². The molecule has 0 aliphatic heterocycles. The molecule has 1 aromatic heterocycles. The normalized spacial score (nSPS) is 10.1. The molecule has 0 bridgehead atoms. The third-order valence-corrected chi connectivity index (χ3v) is 2.49. The molecule has 3 N–H and O–H groups in total. The predicted molar refractivity (Wildman–Crippen MR) is 73.1 cm³/mol. The van der Waals surface area contributed by atoms with Crippen LogP contribution in [0.25, 0.3) is 0 Å². The number of aromatic nitrogens is 1. The predicted octanol–water partition coefficient (Wildman–Crippen LogP) is 2.34. The Morgan fingerprint density at radius 3 is 2.90 bits per heavy atom. The standard InChI is InChI=1S/C14H14FN3O2/c1-2-17-14(19)12-8-10(5-6-18-12)20-13-4-3-9(16)7-11(13)15/h3-8H,2,16H2,1H3,(H,17,19). The Kier molecular flexibility index (Phi) is 4.14. The van der Waals surface area contributed by atoms with E-state index in [9.17, 15) is 9.18 Å². The van der Waals surface area contributed by atoms with Crippen LogP contribution in [0.4, 0.5) is 10.1 Å². The molecule has 0 unspecified atom stereocenters. The first-order valence-corrected chi connectivity index (χ1v) is 6.07. The molecule has 0 fully saturated rings. The van der Waals surface area contributed by atoms with Crippen molar-refractivity contribution in [2.24, 2.45) is 0 Å². The fourth-order valence-electron chi connectivity index (χ4n) is 1.58. The van der Waals surface area contributed by atoms with Gasteiger partial charge in [0.25, 0.3) is 5.91 Å². The topological polar surface area (TPSA) is 77.2 Å². The first-order valence-electron chi connectivity index (χ1n) is 6.07. The number of nitrogens with two attached hydrogens (primary N) is 1. The number of anilines is 1. The fourth-order valence-corrected chi connectivity index (χ4v) is 1.58. The zero-order valence-corrected chi connectivity index (χ0v) is 10.9. The van der Waals surface area contributed by atoms with E-state index in [0.29, 0.717) is 18.0 Å². The van der Waals surface area contributed by atoms with Gasteiger partial charge >= 0.3 is 0 Å². The van der Waals surface area contributed by atoms with Crippen molar-refractivity contribution < 1.29 is 13.9 Å². The molecule has 2 rings (SSSR count). The number of halogens is 1. The van der Waals surface area contributed by atoms with Crippen LogP contribution in [0.1, 0.15) is 17.4 Å². The molecule has 0 atom stereocenters. The summed E-state index contributed by atoms with van der Waals surface area (Å²) in [5.41, 5.74) is 5.98. The van der Waals surface area contributed by atoms with Crippen molar-refractivity contribution in [3.8, 4) is 11.5 Å². The molecule has 1 heterocycles. The van der Waals surface area contributed by atoms with Gasteiger partial charge in [0.05, 0.1) is 0 Å². The molecule has 0 spiro atoms. The second kappa shape index (κ2) is 6.01. The lowest BCUT2D eigenvalue weighted by atomic mass is 10.3. The minimum Gasteiger partial charge on any atom is -0.454 e. The fraction of sp³-hybridized carbons (Fsp3) is 0.143. The van der Waals surface area contributed by atoms with E-state index in [2.05, 4.69) is 10.3 Å². The third kappa shape index (κ3) is 3.23. The SMILES string of the molecule is CCNC(=O)c1cc(Oc2ccc(N)cc2F)ccn1. The van der Waals surface area contributed by atoms with Crippen molar-refractivity contribution in [1.82, 2.24) is 10.3 Å². The van der Waals surface area contributed by atoms with Gasteiger partial charge in [-0.25, -0.2) is 4.39 Å². The van der Waals surface area contributed by atoms with Gasteiger partial charge in [0.15, 0.2) is 11.6 Å². The number of ether oxygens (including phenoxy) is 1. The summed E-state index contributed by atoms with van der Waals surface area (Å²) in [7, 11) is 0. The molecule has 1 aromatic carbocycles. The van der Waals surface area contributed by atoms with Crippen molar-refractivity contribution in [2.75, 3.05) is 12.3 Å². The van der Waals surface area contributed by atoms with Gasteiger partial charge in [0.2, 0.25) is 0 Å². The summed E-state index contributed by atoms with van der Waals surface area (Å²) < 4.78 is 19.0.